The minimum atomic E-state index is -5.44. The van der Waals surface area contributed by atoms with Crippen molar-refractivity contribution in [3.63, 3.8) is 0 Å². The van der Waals surface area contributed by atoms with Crippen LogP contribution in [0.5, 0.6) is 0 Å². The smallest absolute Gasteiger partial charge is 0.323 e. The van der Waals surface area contributed by atoms with Gasteiger partial charge in [0.15, 0.2) is 16.6 Å². The molecule has 8 rings (SSSR count). The Labute approximate surface area is 478 Å². The number of nitrogens with one attached hydrogen (secondary N) is 4. The molecule has 6 aromatic carbocycles. The molecule has 9 N–H and O–H groups in total. The van der Waals surface area contributed by atoms with Crippen molar-refractivity contribution in [1.82, 2.24) is 4.98 Å². The fraction of sp³-hybridized carbons (Fsp3) is 0.0213. The van der Waals surface area contributed by atoms with E-state index in [9.17, 15) is 80.2 Å². The van der Waals surface area contributed by atoms with Crippen molar-refractivity contribution >= 4 is 158 Å². The lowest BCUT2D eigenvalue weighted by molar-refractivity contribution is 0.262. The number of para-hydroxylation sites is 1. The molecule has 2 aromatic heterocycles. The fourth-order valence-corrected chi connectivity index (χ4v) is 12.6. The number of thiophene rings is 1. The molecular weight excluding hydrogens is 1240 g/mol. The summed E-state index contributed by atoms with van der Waals surface area (Å²) in [5.41, 5.74) is -0.811. The molecule has 0 unspecified atom stereocenters. The number of anilines is 6. The number of pyridine rings is 1. The van der Waals surface area contributed by atoms with Crippen LogP contribution < -0.4 is 21.3 Å². The van der Waals surface area contributed by atoms with E-state index in [1.807, 2.05) is 12.1 Å². The van der Waals surface area contributed by atoms with Gasteiger partial charge in [0.1, 0.15) is 48.0 Å². The van der Waals surface area contributed by atoms with E-state index in [0.717, 1.165) is 30.3 Å². The largest absolute Gasteiger partial charge is 0.339 e. The Kier molecular flexibility index (Phi) is 16.7. The summed E-state index contributed by atoms with van der Waals surface area (Å²) in [6.07, 6.45) is 0. The normalized spacial score (nSPS) is 12.3. The number of azo groups is 2. The number of carbonyl (C=O) groups excluding carboxylic acids is 1. The highest BCUT2D eigenvalue weighted by Gasteiger charge is 2.28. The predicted octanol–water partition coefficient (Wildman–Crippen LogP) is 11.5. The van der Waals surface area contributed by atoms with Gasteiger partial charge in [0.05, 0.1) is 26.2 Å². The van der Waals surface area contributed by atoms with Gasteiger partial charge in [0.25, 0.3) is 50.6 Å². The van der Waals surface area contributed by atoms with Crippen molar-refractivity contribution in [2.24, 2.45) is 20.5 Å². The first-order chi connectivity index (χ1) is 38.3. The molecule has 0 saturated heterocycles. The Bertz CT molecular complexity index is 4750. The van der Waals surface area contributed by atoms with Crippen LogP contribution in [0.25, 0.3) is 21.9 Å². The van der Waals surface area contributed by atoms with Crippen molar-refractivity contribution in [3.8, 4) is 23.3 Å². The number of fused-ring (bicyclic) bond motifs is 1. The molecular formula is C47H31Cl2N11O16S6. The second kappa shape index (κ2) is 22.9. The zero-order chi connectivity index (χ0) is 59.9. The van der Waals surface area contributed by atoms with E-state index in [0.29, 0.717) is 35.2 Å². The molecule has 35 heteroatoms. The van der Waals surface area contributed by atoms with Gasteiger partial charge in [-0.1, -0.05) is 64.9 Å². The minimum absolute atomic E-state index is 0.0345. The summed E-state index contributed by atoms with van der Waals surface area (Å²) < 4.78 is 174. The summed E-state index contributed by atoms with van der Waals surface area (Å²) >= 11 is 12.7. The van der Waals surface area contributed by atoms with E-state index >= 15 is 0 Å². The molecule has 0 spiro atoms. The second-order valence-corrected chi connectivity index (χ2v) is 25.4. The highest BCUT2D eigenvalue weighted by Crippen LogP contribution is 2.49. The number of carbonyl (C=O) groups is 1. The van der Waals surface area contributed by atoms with Crippen LogP contribution in [0.15, 0.2) is 160 Å². The lowest BCUT2D eigenvalue weighted by atomic mass is 10.0. The maximum Gasteiger partial charge on any atom is 0.323 e. The second-order valence-electron chi connectivity index (χ2n) is 16.6. The number of halogens is 2. The van der Waals surface area contributed by atoms with Crippen LogP contribution in [0.4, 0.5) is 60.6 Å². The molecule has 0 atom stereocenters. The SMILES string of the molecule is Cc1c(C#N)c(Nc2ccc(Cl)c(S(=O)(=O)O)c2)nc(Nc2ccc(Cl)c(S(=O)(=O)O)c2)c1N=Nc1sc(/N=N/c2cc(S(=O)(=O)O)c3cc(S(=O)(=O)O)cc(S(=O)(=O)O)c3c2)c(-c2ccc(NC(=O)Nc3ccccc3)cc2)c1C#N. The minimum Gasteiger partial charge on any atom is -0.339 e. The molecule has 0 saturated carbocycles. The monoisotopic (exact) mass is 1270 g/mol. The lowest BCUT2D eigenvalue weighted by Gasteiger charge is -2.16. The lowest BCUT2D eigenvalue weighted by Crippen LogP contribution is -2.19. The summed E-state index contributed by atoms with van der Waals surface area (Å²) in [4.78, 5) is 12.3. The van der Waals surface area contributed by atoms with Crippen molar-refractivity contribution in [2.45, 2.75) is 31.4 Å². The van der Waals surface area contributed by atoms with Crippen LogP contribution in [0.3, 0.4) is 0 Å². The van der Waals surface area contributed by atoms with E-state index in [4.69, 9.17) is 23.2 Å². The van der Waals surface area contributed by atoms with Gasteiger partial charge in [-0.25, -0.2) is 9.78 Å². The maximum atomic E-state index is 12.9. The van der Waals surface area contributed by atoms with Gasteiger partial charge < -0.3 is 21.3 Å². The first-order valence-corrected chi connectivity index (χ1v) is 30.8. The van der Waals surface area contributed by atoms with Gasteiger partial charge in [0.2, 0.25) is 0 Å². The molecule has 2 amide bonds. The molecule has 0 radical (unpaired) electrons. The molecule has 0 aliphatic heterocycles. The number of nitriles is 2. The van der Waals surface area contributed by atoms with E-state index in [2.05, 4.69) is 46.7 Å². The standard InChI is InChI=1S/C47H31Cl2N11O16S6/c1-23-33(21-50)43(52-27-11-13-35(48)39(16-27)81(71,72)73)56-44(53-28-12-14-36(49)40(17-28)82(74,75)76)42(23)58-59-45-34(22-51)41(24-7-9-26(10-8-24)55-47(61)54-25-5-3-2-4-6-25)46(77-45)60-57-29-15-31-32(37(18-29)79(65,66)67)19-30(78(62,63)64)20-38(31)80(68,69)70/h2-20H,1H3,(H2,52,53,56)(H2,54,55,61)(H,62,63,64)(H,65,66,67)(H,68,69,70)(H,71,72,73)(H,74,75,76)/b59-58?,60-57+. The zero-order valence-corrected chi connectivity index (χ0v) is 46.9. The van der Waals surface area contributed by atoms with E-state index in [1.165, 1.54) is 43.3 Å². The number of urea groups is 1. The maximum absolute atomic E-state index is 12.9. The molecule has 27 nitrogen and oxygen atoms in total. The van der Waals surface area contributed by atoms with Crippen molar-refractivity contribution in [1.29, 1.82) is 10.5 Å². The highest BCUT2D eigenvalue weighted by molar-refractivity contribution is 7.87. The molecule has 0 fully saturated rings. The van der Waals surface area contributed by atoms with Gasteiger partial charge in [-0.15, -0.1) is 20.5 Å². The Balaban J connectivity index is 1.31. The third-order valence-electron chi connectivity index (χ3n) is 11.2. The first kappa shape index (κ1) is 59.7. The molecule has 0 bridgehead atoms. The van der Waals surface area contributed by atoms with E-state index in [-0.39, 0.29) is 77.2 Å². The van der Waals surface area contributed by atoms with Crippen LogP contribution in [0, 0.1) is 29.6 Å². The number of nitrogens with zero attached hydrogens (tertiary/aromatic N) is 7. The van der Waals surface area contributed by atoms with Crippen molar-refractivity contribution in [3.05, 3.63) is 142 Å². The topological polar surface area (TPSA) is 447 Å². The van der Waals surface area contributed by atoms with Crippen LogP contribution in [0.1, 0.15) is 16.7 Å². The molecule has 0 aliphatic rings. The summed E-state index contributed by atoms with van der Waals surface area (Å²) in [7, 11) is -26.0. The summed E-state index contributed by atoms with van der Waals surface area (Å²) in [6, 6.07) is 26.4. The molecule has 0 aliphatic carbocycles. The molecule has 8 aromatic rings. The Morgan fingerprint density at radius 2 is 1.02 bits per heavy atom. The van der Waals surface area contributed by atoms with E-state index in [1.54, 1.807) is 30.3 Å². The highest BCUT2D eigenvalue weighted by atomic mass is 35.5. The first-order valence-electron chi connectivity index (χ1n) is 22.0. The number of hydrogen-bond donors (Lipinski definition) is 9. The number of aromatic nitrogens is 1. The Morgan fingerprint density at radius 1 is 0.537 bits per heavy atom. The van der Waals surface area contributed by atoms with Gasteiger partial charge >= 0.3 is 6.03 Å². The third-order valence-corrected chi connectivity index (χ3v) is 17.5. The molecule has 420 valence electrons. The van der Waals surface area contributed by atoms with Gasteiger partial charge in [-0.05, 0) is 97.4 Å². The van der Waals surface area contributed by atoms with Gasteiger partial charge in [-0.3, -0.25) is 22.8 Å². The quantitative estimate of drug-likeness (QED) is 0.0320. The Morgan fingerprint density at radius 3 is 1.55 bits per heavy atom. The van der Waals surface area contributed by atoms with Crippen LogP contribution in [-0.2, 0) is 50.6 Å². The molecule has 82 heavy (non-hydrogen) atoms. The van der Waals surface area contributed by atoms with Crippen molar-refractivity contribution in [2.75, 3.05) is 21.3 Å². The average Bonchev–Trinajstić information content (AvgIpc) is 3.86. The number of amides is 2. The number of benzene rings is 6. The zero-order valence-electron chi connectivity index (χ0n) is 40.5. The number of rotatable bonds is 16. The summed E-state index contributed by atoms with van der Waals surface area (Å²) in [5.74, 6) is -0.624. The van der Waals surface area contributed by atoms with Gasteiger partial charge in [-0.2, -0.15) is 52.6 Å². The summed E-state index contributed by atoms with van der Waals surface area (Å²) in [6.45, 7) is 1.36. The van der Waals surface area contributed by atoms with Crippen LogP contribution >= 0.6 is 34.5 Å². The summed E-state index contributed by atoms with van der Waals surface area (Å²) in [5, 5.41) is 46.4. The van der Waals surface area contributed by atoms with Crippen LogP contribution in [0.2, 0.25) is 10.0 Å². The Hall–Kier alpha value is -8.39. The van der Waals surface area contributed by atoms with Crippen LogP contribution in [-0.4, -0.2) is 75.9 Å². The fourth-order valence-electron chi connectivity index (χ4n) is 7.60. The van der Waals surface area contributed by atoms with E-state index < -0.39 is 103 Å². The van der Waals surface area contributed by atoms with Gasteiger partial charge in [0, 0.05) is 44.6 Å². The molecule has 2 heterocycles. The number of hydrogen-bond acceptors (Lipinski definition) is 21. The van der Waals surface area contributed by atoms with Crippen molar-refractivity contribution < 1.29 is 69.6 Å². The predicted molar refractivity (Wildman–Crippen MR) is 298 cm³/mol. The third kappa shape index (κ3) is 13.3. The average molecular weight is 1270 g/mol.